The molecule has 2 rings (SSSR count). The molecule has 0 radical (unpaired) electrons. The Morgan fingerprint density at radius 3 is 2.79 bits per heavy atom. The van der Waals surface area contributed by atoms with Crippen LogP contribution >= 0.6 is 11.8 Å². The number of unbranched alkanes of at least 4 members (excludes halogenated alkanes) is 1. The molecule has 0 aliphatic carbocycles. The van der Waals surface area contributed by atoms with Crippen molar-refractivity contribution in [1.82, 2.24) is 0 Å². The molecule has 0 N–H and O–H groups in total. The molecule has 0 saturated carbocycles. The molecule has 2 atom stereocenters. The first-order valence-electron chi connectivity index (χ1n) is 5.58. The first-order chi connectivity index (χ1) is 6.83. The Labute approximate surface area is 91.1 Å². The van der Waals surface area contributed by atoms with Crippen molar-refractivity contribution in [2.24, 2.45) is 0 Å². The fourth-order valence-corrected chi connectivity index (χ4v) is 3.65. The molecule has 1 aromatic carbocycles. The highest BCUT2D eigenvalue weighted by Crippen LogP contribution is 2.46. The fraction of sp³-hybridized carbons (Fsp3) is 0.538. The zero-order valence-electron chi connectivity index (χ0n) is 8.99. The maximum atomic E-state index is 2.37. The van der Waals surface area contributed by atoms with E-state index < -0.39 is 0 Å². The largest absolute Gasteiger partial charge is 0.122 e. The molecule has 1 heteroatoms. The van der Waals surface area contributed by atoms with Crippen molar-refractivity contribution in [3.05, 3.63) is 29.8 Å². The van der Waals surface area contributed by atoms with Crippen LogP contribution in [0.15, 0.2) is 29.2 Å². The quantitative estimate of drug-likeness (QED) is 0.704. The van der Waals surface area contributed by atoms with Crippen LogP contribution in [0, 0.1) is 0 Å². The maximum absolute atomic E-state index is 2.37. The Kier molecular flexibility index (Phi) is 3.17. The summed E-state index contributed by atoms with van der Waals surface area (Å²) in [4.78, 5) is 1.51. The highest BCUT2D eigenvalue weighted by Gasteiger charge is 2.28. The van der Waals surface area contributed by atoms with Crippen LogP contribution in [0.4, 0.5) is 0 Å². The second-order valence-corrected chi connectivity index (χ2v) is 5.41. The van der Waals surface area contributed by atoms with Crippen molar-refractivity contribution in [2.45, 2.75) is 49.2 Å². The van der Waals surface area contributed by atoms with E-state index in [0.717, 1.165) is 11.2 Å². The van der Waals surface area contributed by atoms with Crippen LogP contribution in [0.2, 0.25) is 0 Å². The summed E-state index contributed by atoms with van der Waals surface area (Å²) >= 11 is 2.08. The second-order valence-electron chi connectivity index (χ2n) is 4.13. The molecule has 1 aromatic rings. The third-order valence-corrected chi connectivity index (χ3v) is 4.66. The minimum Gasteiger partial charge on any atom is -0.122 e. The summed E-state index contributed by atoms with van der Waals surface area (Å²) in [5, 5.41) is 0.826. The van der Waals surface area contributed by atoms with Gasteiger partial charge < -0.3 is 0 Å². The summed E-state index contributed by atoms with van der Waals surface area (Å²) in [6, 6.07) is 8.88. The molecule has 14 heavy (non-hydrogen) atoms. The van der Waals surface area contributed by atoms with E-state index in [0.29, 0.717) is 0 Å². The maximum Gasteiger partial charge on any atom is 0.0161 e. The summed E-state index contributed by atoms with van der Waals surface area (Å²) in [7, 11) is 0. The topological polar surface area (TPSA) is 0 Å². The van der Waals surface area contributed by atoms with E-state index in [1.807, 2.05) is 0 Å². The van der Waals surface area contributed by atoms with Crippen LogP contribution in [0.25, 0.3) is 0 Å². The Balaban J connectivity index is 2.09. The minimum atomic E-state index is 0.753. The first kappa shape index (κ1) is 10.1. The third-order valence-electron chi connectivity index (χ3n) is 3.09. The predicted octanol–water partition coefficient (Wildman–Crippen LogP) is 4.45. The highest BCUT2D eigenvalue weighted by atomic mass is 32.2. The van der Waals surface area contributed by atoms with Gasteiger partial charge in [0.2, 0.25) is 0 Å². The van der Waals surface area contributed by atoms with E-state index in [9.17, 15) is 0 Å². The van der Waals surface area contributed by atoms with Crippen LogP contribution in [0.3, 0.4) is 0 Å². The molecule has 0 amide bonds. The number of benzene rings is 1. The molecular weight excluding hydrogens is 188 g/mol. The number of fused-ring (bicyclic) bond motifs is 1. The van der Waals surface area contributed by atoms with Gasteiger partial charge in [0.05, 0.1) is 0 Å². The number of rotatable bonds is 3. The lowest BCUT2D eigenvalue weighted by molar-refractivity contribution is 0.622. The zero-order chi connectivity index (χ0) is 9.97. The molecule has 0 fully saturated rings. The number of hydrogen-bond acceptors (Lipinski definition) is 1. The smallest absolute Gasteiger partial charge is 0.0161 e. The Hall–Kier alpha value is -0.430. The van der Waals surface area contributed by atoms with Gasteiger partial charge in [-0.05, 0) is 24.0 Å². The normalized spacial score (nSPS) is 25.0. The zero-order valence-corrected chi connectivity index (χ0v) is 9.81. The van der Waals surface area contributed by atoms with Crippen LogP contribution in [0.1, 0.15) is 44.6 Å². The predicted molar refractivity (Wildman–Crippen MR) is 64.0 cm³/mol. The molecule has 1 heterocycles. The molecule has 1 aliphatic rings. The summed E-state index contributed by atoms with van der Waals surface area (Å²) in [5.41, 5.74) is 1.57. The van der Waals surface area contributed by atoms with Gasteiger partial charge in [-0.25, -0.2) is 0 Å². The van der Waals surface area contributed by atoms with Gasteiger partial charge in [-0.15, -0.1) is 11.8 Å². The molecule has 76 valence electrons. The number of thioether (sulfide) groups is 1. The van der Waals surface area contributed by atoms with Gasteiger partial charge in [0.15, 0.2) is 0 Å². The molecule has 0 aromatic heterocycles. The Morgan fingerprint density at radius 1 is 1.29 bits per heavy atom. The minimum absolute atomic E-state index is 0.753. The molecule has 1 unspecified atom stereocenters. The lowest BCUT2D eigenvalue weighted by Gasteiger charge is -2.13. The van der Waals surface area contributed by atoms with E-state index in [1.165, 1.54) is 24.2 Å². The van der Waals surface area contributed by atoms with E-state index in [1.54, 1.807) is 5.56 Å². The molecule has 0 spiro atoms. The summed E-state index contributed by atoms with van der Waals surface area (Å²) in [6.45, 7) is 4.65. The van der Waals surface area contributed by atoms with Crippen molar-refractivity contribution >= 4 is 11.8 Å². The van der Waals surface area contributed by atoms with E-state index >= 15 is 0 Å². The molecular formula is C13H18S. The summed E-state index contributed by atoms with van der Waals surface area (Å²) in [6.07, 6.45) is 4.06. The Morgan fingerprint density at radius 2 is 2.07 bits per heavy atom. The average Bonchev–Trinajstić information content (AvgIpc) is 2.54. The van der Waals surface area contributed by atoms with Crippen molar-refractivity contribution in [1.29, 1.82) is 0 Å². The summed E-state index contributed by atoms with van der Waals surface area (Å²) < 4.78 is 0. The Bertz CT molecular complexity index is 306. The van der Waals surface area contributed by atoms with Crippen LogP contribution < -0.4 is 0 Å². The van der Waals surface area contributed by atoms with Crippen molar-refractivity contribution in [3.63, 3.8) is 0 Å². The van der Waals surface area contributed by atoms with Gasteiger partial charge in [-0.3, -0.25) is 0 Å². The molecule has 0 saturated heterocycles. The molecule has 0 nitrogen and oxygen atoms in total. The first-order valence-corrected chi connectivity index (χ1v) is 6.46. The van der Waals surface area contributed by atoms with Gasteiger partial charge >= 0.3 is 0 Å². The van der Waals surface area contributed by atoms with Gasteiger partial charge in [-0.2, -0.15) is 0 Å². The fourth-order valence-electron chi connectivity index (χ4n) is 2.14. The number of hydrogen-bond donors (Lipinski definition) is 0. The van der Waals surface area contributed by atoms with E-state index in [-0.39, 0.29) is 0 Å². The van der Waals surface area contributed by atoms with Gasteiger partial charge in [0, 0.05) is 10.1 Å². The molecule has 0 bridgehead atoms. The van der Waals surface area contributed by atoms with E-state index in [4.69, 9.17) is 0 Å². The summed E-state index contributed by atoms with van der Waals surface area (Å²) in [5.74, 6) is 0.753. The SMILES string of the molecule is CCCCC1Sc2ccccc2[C@H]1C. The standard InChI is InChI=1S/C13H18S/c1-3-4-8-12-10(2)11-7-5-6-9-13(11)14-12/h5-7,9-10,12H,3-4,8H2,1-2H3/t10-,12?/m1/s1. The molecule has 1 aliphatic heterocycles. The van der Waals surface area contributed by atoms with Gasteiger partial charge in [-0.1, -0.05) is 44.9 Å². The van der Waals surface area contributed by atoms with Crippen LogP contribution in [-0.2, 0) is 0 Å². The lowest BCUT2D eigenvalue weighted by atomic mass is 9.95. The van der Waals surface area contributed by atoms with Crippen molar-refractivity contribution < 1.29 is 0 Å². The van der Waals surface area contributed by atoms with Gasteiger partial charge in [0.1, 0.15) is 0 Å². The third kappa shape index (κ3) is 1.83. The lowest BCUT2D eigenvalue weighted by Crippen LogP contribution is -2.06. The van der Waals surface area contributed by atoms with Crippen molar-refractivity contribution in [3.8, 4) is 0 Å². The van der Waals surface area contributed by atoms with Crippen LogP contribution in [-0.4, -0.2) is 5.25 Å². The van der Waals surface area contributed by atoms with Crippen molar-refractivity contribution in [2.75, 3.05) is 0 Å². The highest BCUT2D eigenvalue weighted by molar-refractivity contribution is 8.00. The van der Waals surface area contributed by atoms with Gasteiger partial charge in [0.25, 0.3) is 0 Å². The second kappa shape index (κ2) is 4.39. The average molecular weight is 206 g/mol. The van der Waals surface area contributed by atoms with Crippen LogP contribution in [0.5, 0.6) is 0 Å². The monoisotopic (exact) mass is 206 g/mol. The van der Waals surface area contributed by atoms with E-state index in [2.05, 4.69) is 49.9 Å².